The number of amides is 1. The summed E-state index contributed by atoms with van der Waals surface area (Å²) in [7, 11) is 0. The van der Waals surface area contributed by atoms with Crippen LogP contribution in [0.4, 0.5) is 0 Å². The quantitative estimate of drug-likeness (QED) is 0.819. The maximum atomic E-state index is 11.9. The van der Waals surface area contributed by atoms with Crippen molar-refractivity contribution in [2.75, 3.05) is 31.3 Å². The van der Waals surface area contributed by atoms with Gasteiger partial charge in [0.05, 0.1) is 11.2 Å². The van der Waals surface area contributed by atoms with E-state index in [2.05, 4.69) is 17.4 Å². The van der Waals surface area contributed by atoms with Crippen molar-refractivity contribution in [3.63, 3.8) is 0 Å². The third kappa shape index (κ3) is 4.44. The van der Waals surface area contributed by atoms with Crippen LogP contribution in [-0.4, -0.2) is 37.2 Å². The molecule has 0 atom stereocenters. The molecule has 0 spiro atoms. The van der Waals surface area contributed by atoms with E-state index in [0.29, 0.717) is 29.9 Å². The molecule has 0 saturated carbocycles. The SMILES string of the molecule is CCOCCNC(=O)c1ccc(C2SCCS2)cc1. The van der Waals surface area contributed by atoms with Gasteiger partial charge in [-0.1, -0.05) is 12.1 Å². The zero-order valence-corrected chi connectivity index (χ0v) is 12.7. The second-order valence-corrected chi connectivity index (χ2v) is 6.87. The number of carbonyl (C=O) groups is 1. The lowest BCUT2D eigenvalue weighted by Gasteiger charge is -2.09. The van der Waals surface area contributed by atoms with Gasteiger partial charge < -0.3 is 10.1 Å². The molecular formula is C14H19NO2S2. The van der Waals surface area contributed by atoms with Crippen molar-refractivity contribution < 1.29 is 9.53 Å². The number of hydrogen-bond acceptors (Lipinski definition) is 4. The van der Waals surface area contributed by atoms with Gasteiger partial charge >= 0.3 is 0 Å². The normalized spacial score (nSPS) is 15.6. The summed E-state index contributed by atoms with van der Waals surface area (Å²) in [5, 5.41) is 2.85. The molecule has 1 N–H and O–H groups in total. The Labute approximate surface area is 122 Å². The van der Waals surface area contributed by atoms with Crippen molar-refractivity contribution in [1.29, 1.82) is 0 Å². The summed E-state index contributed by atoms with van der Waals surface area (Å²) in [5.74, 6) is 2.40. The number of nitrogens with one attached hydrogen (secondary N) is 1. The van der Waals surface area contributed by atoms with E-state index >= 15 is 0 Å². The molecule has 19 heavy (non-hydrogen) atoms. The van der Waals surface area contributed by atoms with Crippen LogP contribution in [-0.2, 0) is 4.74 Å². The molecule has 0 aliphatic carbocycles. The molecule has 3 nitrogen and oxygen atoms in total. The largest absolute Gasteiger partial charge is 0.380 e. The van der Waals surface area contributed by atoms with Gasteiger partial charge in [0.2, 0.25) is 0 Å². The first-order valence-corrected chi connectivity index (χ1v) is 8.60. The van der Waals surface area contributed by atoms with E-state index in [0.717, 1.165) is 0 Å². The van der Waals surface area contributed by atoms with Crippen LogP contribution in [0.25, 0.3) is 0 Å². The standard InChI is InChI=1S/C14H19NO2S2/c1-2-17-8-7-15-13(16)11-3-5-12(6-4-11)14-18-9-10-19-14/h3-6,14H,2,7-10H2,1H3,(H,15,16). The second-order valence-electron chi connectivity index (χ2n) is 4.15. The zero-order valence-electron chi connectivity index (χ0n) is 11.1. The molecule has 0 aromatic heterocycles. The molecular weight excluding hydrogens is 278 g/mol. The molecule has 1 aliphatic heterocycles. The fraction of sp³-hybridized carbons (Fsp3) is 0.500. The van der Waals surface area contributed by atoms with E-state index in [-0.39, 0.29) is 5.91 Å². The predicted molar refractivity (Wildman–Crippen MR) is 82.9 cm³/mol. The average molecular weight is 297 g/mol. The van der Waals surface area contributed by atoms with Crippen LogP contribution in [0.5, 0.6) is 0 Å². The van der Waals surface area contributed by atoms with E-state index in [9.17, 15) is 4.79 Å². The smallest absolute Gasteiger partial charge is 0.251 e. The van der Waals surface area contributed by atoms with Crippen LogP contribution in [0.1, 0.15) is 27.4 Å². The fourth-order valence-electron chi connectivity index (χ4n) is 1.83. The molecule has 2 rings (SSSR count). The van der Waals surface area contributed by atoms with Crippen LogP contribution < -0.4 is 5.32 Å². The lowest BCUT2D eigenvalue weighted by Crippen LogP contribution is -2.27. The summed E-state index contributed by atoms with van der Waals surface area (Å²) >= 11 is 3.95. The summed E-state index contributed by atoms with van der Waals surface area (Å²) in [5.41, 5.74) is 2.02. The number of hydrogen-bond donors (Lipinski definition) is 1. The van der Waals surface area contributed by atoms with Gasteiger partial charge in [-0.25, -0.2) is 0 Å². The van der Waals surface area contributed by atoms with Crippen LogP contribution in [0.3, 0.4) is 0 Å². The van der Waals surface area contributed by atoms with Crippen LogP contribution in [0.2, 0.25) is 0 Å². The van der Waals surface area contributed by atoms with Crippen molar-refractivity contribution in [3.8, 4) is 0 Å². The highest BCUT2D eigenvalue weighted by Gasteiger charge is 2.18. The van der Waals surface area contributed by atoms with Crippen molar-refractivity contribution >= 4 is 29.4 Å². The highest BCUT2D eigenvalue weighted by atomic mass is 32.2. The van der Waals surface area contributed by atoms with E-state index in [1.54, 1.807) is 0 Å². The topological polar surface area (TPSA) is 38.3 Å². The van der Waals surface area contributed by atoms with E-state index in [1.807, 2.05) is 42.6 Å². The van der Waals surface area contributed by atoms with Crippen LogP contribution >= 0.6 is 23.5 Å². The van der Waals surface area contributed by atoms with Gasteiger partial charge in [-0.05, 0) is 24.6 Å². The maximum Gasteiger partial charge on any atom is 0.251 e. The number of ether oxygens (including phenoxy) is 1. The fourth-order valence-corrected chi connectivity index (χ4v) is 4.68. The maximum absolute atomic E-state index is 11.9. The van der Waals surface area contributed by atoms with Crippen molar-refractivity contribution in [2.45, 2.75) is 11.5 Å². The molecule has 1 aliphatic rings. The first kappa shape index (κ1) is 14.8. The molecule has 0 unspecified atom stereocenters. The molecule has 0 radical (unpaired) electrons. The van der Waals surface area contributed by atoms with E-state index < -0.39 is 0 Å². The Morgan fingerprint density at radius 1 is 1.32 bits per heavy atom. The first-order valence-electron chi connectivity index (χ1n) is 6.50. The minimum atomic E-state index is -0.0296. The molecule has 1 saturated heterocycles. The third-order valence-corrected chi connectivity index (χ3v) is 5.91. The van der Waals surface area contributed by atoms with Crippen molar-refractivity contribution in [3.05, 3.63) is 35.4 Å². The van der Waals surface area contributed by atoms with E-state index in [1.165, 1.54) is 17.1 Å². The zero-order chi connectivity index (χ0) is 13.5. The highest BCUT2D eigenvalue weighted by Crippen LogP contribution is 2.45. The summed E-state index contributed by atoms with van der Waals surface area (Å²) in [6.07, 6.45) is 0. The van der Waals surface area contributed by atoms with Gasteiger partial charge in [0.25, 0.3) is 5.91 Å². The third-order valence-electron chi connectivity index (χ3n) is 2.80. The number of carbonyl (C=O) groups excluding carboxylic acids is 1. The number of benzene rings is 1. The Hall–Kier alpha value is -0.650. The van der Waals surface area contributed by atoms with Gasteiger partial charge in [0.1, 0.15) is 0 Å². The molecule has 1 fully saturated rings. The van der Waals surface area contributed by atoms with E-state index in [4.69, 9.17) is 4.74 Å². The number of rotatable bonds is 6. The molecule has 1 aromatic rings. The Morgan fingerprint density at radius 3 is 2.63 bits per heavy atom. The predicted octanol–water partition coefficient (Wildman–Crippen LogP) is 2.93. The Bertz CT molecular complexity index is 402. The minimum Gasteiger partial charge on any atom is -0.380 e. The van der Waals surface area contributed by atoms with Gasteiger partial charge in [-0.3, -0.25) is 4.79 Å². The molecule has 1 aromatic carbocycles. The van der Waals surface area contributed by atoms with Crippen molar-refractivity contribution in [2.24, 2.45) is 0 Å². The molecule has 104 valence electrons. The average Bonchev–Trinajstić information content (AvgIpc) is 2.98. The number of thioether (sulfide) groups is 2. The summed E-state index contributed by atoms with van der Waals surface area (Å²) in [6, 6.07) is 7.94. The summed E-state index contributed by atoms with van der Waals surface area (Å²) in [4.78, 5) is 11.9. The first-order chi connectivity index (χ1) is 9.31. The van der Waals surface area contributed by atoms with Crippen molar-refractivity contribution in [1.82, 2.24) is 5.32 Å². The Kier molecular flexibility index (Phi) is 6.07. The Morgan fingerprint density at radius 2 is 2.00 bits per heavy atom. The molecule has 1 amide bonds. The second kappa shape index (κ2) is 7.82. The minimum absolute atomic E-state index is 0.0296. The van der Waals surface area contributed by atoms with Gasteiger partial charge in [-0.15, -0.1) is 23.5 Å². The van der Waals surface area contributed by atoms with Gasteiger partial charge in [0.15, 0.2) is 0 Å². The lowest BCUT2D eigenvalue weighted by atomic mass is 10.1. The Balaban J connectivity index is 1.85. The van der Waals surface area contributed by atoms with Crippen LogP contribution in [0.15, 0.2) is 24.3 Å². The summed E-state index contributed by atoms with van der Waals surface area (Å²) in [6.45, 7) is 3.75. The van der Waals surface area contributed by atoms with Gasteiger partial charge in [-0.2, -0.15) is 0 Å². The van der Waals surface area contributed by atoms with Crippen LogP contribution in [0, 0.1) is 0 Å². The lowest BCUT2D eigenvalue weighted by molar-refractivity contribution is 0.0922. The van der Waals surface area contributed by atoms with Gasteiger partial charge in [0, 0.05) is 30.2 Å². The molecule has 1 heterocycles. The summed E-state index contributed by atoms with van der Waals surface area (Å²) < 4.78 is 5.72. The molecule has 5 heteroatoms. The molecule has 0 bridgehead atoms. The monoisotopic (exact) mass is 297 g/mol. The highest BCUT2D eigenvalue weighted by molar-refractivity contribution is 8.19.